The highest BCUT2D eigenvalue weighted by Gasteiger charge is 2.32. The smallest absolute Gasteiger partial charge is 0.268 e. The normalized spacial score (nSPS) is 19.6. The van der Waals surface area contributed by atoms with E-state index in [9.17, 15) is 4.79 Å². The number of thiophene rings is 1. The molecule has 4 nitrogen and oxygen atoms in total. The number of carbonyl (C=O) groups is 1. The summed E-state index contributed by atoms with van der Waals surface area (Å²) < 4.78 is 1.40. The first-order valence-electron chi connectivity index (χ1n) is 7.63. The van der Waals surface area contributed by atoms with Gasteiger partial charge in [0, 0.05) is 18.5 Å². The molecule has 0 unspecified atom stereocenters. The molecule has 0 aliphatic heterocycles. The van der Waals surface area contributed by atoms with Crippen LogP contribution in [0, 0.1) is 0 Å². The Bertz CT molecular complexity index is 933. The van der Waals surface area contributed by atoms with Crippen LogP contribution < -0.4 is 11.1 Å². The molecule has 4 N–H and O–H groups in total. The van der Waals surface area contributed by atoms with Gasteiger partial charge in [0.05, 0.1) is 15.2 Å². The number of halogens is 2. The summed E-state index contributed by atoms with van der Waals surface area (Å²) in [6.45, 7) is 0.503. The maximum atomic E-state index is 12.6. The highest BCUT2D eigenvalue weighted by atomic mass is 35.5. The van der Waals surface area contributed by atoms with Crippen LogP contribution in [0.1, 0.15) is 27.5 Å². The number of fused-ring (bicyclic) bond motifs is 2. The Morgan fingerprint density at radius 1 is 1.38 bits per heavy atom. The lowest BCUT2D eigenvalue weighted by molar-refractivity contribution is 0.0929. The SMILES string of the molecule is NC[C@@H]1c2ccccc2C[C@H]1NC(=O)c1cc2sc(Cl)c(Cl)c2[nH]1. The second-order valence-electron chi connectivity index (χ2n) is 5.94. The van der Waals surface area contributed by atoms with Crippen LogP contribution in [-0.2, 0) is 6.42 Å². The van der Waals surface area contributed by atoms with E-state index in [4.69, 9.17) is 28.9 Å². The van der Waals surface area contributed by atoms with Crippen molar-refractivity contribution in [1.29, 1.82) is 0 Å². The van der Waals surface area contributed by atoms with Gasteiger partial charge in [-0.2, -0.15) is 0 Å². The number of H-pyrrole nitrogens is 1. The van der Waals surface area contributed by atoms with Crippen LogP contribution in [0.4, 0.5) is 0 Å². The third kappa shape index (κ3) is 2.52. The molecule has 7 heteroatoms. The van der Waals surface area contributed by atoms with Gasteiger partial charge in [0.15, 0.2) is 0 Å². The molecule has 24 heavy (non-hydrogen) atoms. The van der Waals surface area contributed by atoms with E-state index in [0.717, 1.165) is 11.1 Å². The van der Waals surface area contributed by atoms with E-state index in [1.807, 2.05) is 12.1 Å². The largest absolute Gasteiger partial charge is 0.349 e. The van der Waals surface area contributed by atoms with E-state index < -0.39 is 0 Å². The summed E-state index contributed by atoms with van der Waals surface area (Å²) in [5, 5.41) is 3.57. The number of nitrogens with one attached hydrogen (secondary N) is 2. The molecule has 2 heterocycles. The molecule has 0 fully saturated rings. The summed E-state index contributed by atoms with van der Waals surface area (Å²) in [7, 11) is 0. The number of hydrogen-bond acceptors (Lipinski definition) is 3. The minimum Gasteiger partial charge on any atom is -0.349 e. The van der Waals surface area contributed by atoms with Crippen molar-refractivity contribution >= 4 is 50.7 Å². The fourth-order valence-corrected chi connectivity index (χ4v) is 4.89. The molecule has 0 spiro atoms. The van der Waals surface area contributed by atoms with E-state index in [2.05, 4.69) is 22.4 Å². The molecule has 3 aromatic rings. The van der Waals surface area contributed by atoms with Gasteiger partial charge in [0.1, 0.15) is 10.0 Å². The molecule has 1 aliphatic rings. The second kappa shape index (κ2) is 6.08. The molecular weight excluding hydrogens is 365 g/mol. The average Bonchev–Trinajstić information content (AvgIpc) is 3.21. The minimum absolute atomic E-state index is 0.000274. The lowest BCUT2D eigenvalue weighted by Gasteiger charge is -2.20. The molecule has 0 saturated carbocycles. The van der Waals surface area contributed by atoms with Gasteiger partial charge in [-0.1, -0.05) is 47.5 Å². The third-order valence-corrected chi connectivity index (χ3v) is 6.50. The van der Waals surface area contributed by atoms with Crippen LogP contribution in [0.3, 0.4) is 0 Å². The number of nitrogens with two attached hydrogens (primary N) is 1. The number of amides is 1. The van der Waals surface area contributed by atoms with Crippen LogP contribution in [0.25, 0.3) is 10.2 Å². The topological polar surface area (TPSA) is 70.9 Å². The number of carbonyl (C=O) groups excluding carboxylic acids is 1. The zero-order chi connectivity index (χ0) is 16.8. The maximum absolute atomic E-state index is 12.6. The van der Waals surface area contributed by atoms with Crippen molar-refractivity contribution < 1.29 is 4.79 Å². The van der Waals surface area contributed by atoms with Gasteiger partial charge in [0.2, 0.25) is 0 Å². The molecule has 0 radical (unpaired) electrons. The number of hydrogen-bond donors (Lipinski definition) is 3. The standard InChI is InChI=1S/C17H15Cl2N3OS/c18-14-15-13(24-16(14)19)6-12(21-15)17(23)22-11-5-8-3-1-2-4-9(8)10(11)7-20/h1-4,6,10-11,21H,5,7,20H2,(H,22,23)/t10-,11-/m1/s1. The third-order valence-electron chi connectivity index (χ3n) is 4.57. The first kappa shape index (κ1) is 16.0. The van der Waals surface area contributed by atoms with Gasteiger partial charge >= 0.3 is 0 Å². The van der Waals surface area contributed by atoms with Gasteiger partial charge in [-0.25, -0.2) is 0 Å². The lowest BCUT2D eigenvalue weighted by Crippen LogP contribution is -2.40. The first-order valence-corrected chi connectivity index (χ1v) is 9.21. The summed E-state index contributed by atoms with van der Waals surface area (Å²) in [6, 6.07) is 9.99. The van der Waals surface area contributed by atoms with Gasteiger partial charge in [-0.15, -0.1) is 11.3 Å². The van der Waals surface area contributed by atoms with Gasteiger partial charge in [-0.3, -0.25) is 4.79 Å². The molecule has 4 rings (SSSR count). The number of benzene rings is 1. The zero-order valence-electron chi connectivity index (χ0n) is 12.6. The van der Waals surface area contributed by atoms with E-state index >= 15 is 0 Å². The molecule has 0 saturated heterocycles. The Kier molecular flexibility index (Phi) is 4.04. The Morgan fingerprint density at radius 3 is 2.92 bits per heavy atom. The van der Waals surface area contributed by atoms with Crippen molar-refractivity contribution in [2.24, 2.45) is 5.73 Å². The van der Waals surface area contributed by atoms with Crippen LogP contribution in [-0.4, -0.2) is 23.5 Å². The fourth-order valence-electron chi connectivity index (χ4n) is 3.41. The van der Waals surface area contributed by atoms with Crippen LogP contribution >= 0.6 is 34.5 Å². The predicted molar refractivity (Wildman–Crippen MR) is 99.4 cm³/mol. The van der Waals surface area contributed by atoms with Crippen LogP contribution in [0.2, 0.25) is 9.36 Å². The summed E-state index contributed by atoms with van der Waals surface area (Å²) in [6.07, 6.45) is 0.797. The van der Waals surface area contributed by atoms with Gasteiger partial charge in [0.25, 0.3) is 5.91 Å². The number of aromatic nitrogens is 1. The molecule has 124 valence electrons. The first-order chi connectivity index (χ1) is 11.6. The van der Waals surface area contributed by atoms with E-state index in [0.29, 0.717) is 27.1 Å². The predicted octanol–water partition coefficient (Wildman–Crippen LogP) is 3.93. The Labute approximate surface area is 152 Å². The van der Waals surface area contributed by atoms with E-state index in [1.165, 1.54) is 22.5 Å². The highest BCUT2D eigenvalue weighted by Crippen LogP contribution is 2.39. The molecule has 1 amide bonds. The number of rotatable bonds is 3. The molecule has 1 aromatic carbocycles. The molecule has 2 aromatic heterocycles. The quantitative estimate of drug-likeness (QED) is 0.644. The Hall–Kier alpha value is -1.53. The van der Waals surface area contributed by atoms with Crippen molar-refractivity contribution in [2.75, 3.05) is 6.54 Å². The summed E-state index contributed by atoms with van der Waals surface area (Å²) in [4.78, 5) is 15.7. The fraction of sp³-hybridized carbons (Fsp3) is 0.235. The van der Waals surface area contributed by atoms with E-state index in [1.54, 1.807) is 6.07 Å². The van der Waals surface area contributed by atoms with Crippen molar-refractivity contribution in [3.8, 4) is 0 Å². The monoisotopic (exact) mass is 379 g/mol. The summed E-state index contributed by atoms with van der Waals surface area (Å²) in [5.41, 5.74) is 9.62. The lowest BCUT2D eigenvalue weighted by atomic mass is 9.98. The molecule has 1 aliphatic carbocycles. The second-order valence-corrected chi connectivity index (χ2v) is 7.97. The van der Waals surface area contributed by atoms with Crippen molar-refractivity contribution in [3.63, 3.8) is 0 Å². The molecule has 0 bridgehead atoms. The maximum Gasteiger partial charge on any atom is 0.268 e. The highest BCUT2D eigenvalue weighted by molar-refractivity contribution is 7.23. The van der Waals surface area contributed by atoms with Gasteiger partial charge < -0.3 is 16.0 Å². The zero-order valence-corrected chi connectivity index (χ0v) is 14.9. The number of aromatic amines is 1. The average molecular weight is 380 g/mol. The summed E-state index contributed by atoms with van der Waals surface area (Å²) in [5.74, 6) is -0.0129. The van der Waals surface area contributed by atoms with Gasteiger partial charge in [-0.05, 0) is 23.6 Å². The summed E-state index contributed by atoms with van der Waals surface area (Å²) >= 11 is 13.5. The molecule has 2 atom stereocenters. The van der Waals surface area contributed by atoms with E-state index in [-0.39, 0.29) is 17.9 Å². The Balaban J connectivity index is 1.57. The van der Waals surface area contributed by atoms with Crippen LogP contribution in [0.5, 0.6) is 0 Å². The Morgan fingerprint density at radius 2 is 2.17 bits per heavy atom. The van der Waals surface area contributed by atoms with Crippen molar-refractivity contribution in [2.45, 2.75) is 18.4 Å². The van der Waals surface area contributed by atoms with Crippen molar-refractivity contribution in [1.82, 2.24) is 10.3 Å². The van der Waals surface area contributed by atoms with Crippen LogP contribution in [0.15, 0.2) is 30.3 Å². The molecular formula is C17H15Cl2N3OS. The minimum atomic E-state index is -0.151. The van der Waals surface area contributed by atoms with Crippen molar-refractivity contribution in [3.05, 3.63) is 56.5 Å².